The Morgan fingerprint density at radius 3 is 2.35 bits per heavy atom. The van der Waals surface area contributed by atoms with Crippen molar-refractivity contribution in [2.75, 3.05) is 33.6 Å². The largest absolute Gasteiger partial charge is 0.463 e. The molecule has 0 aliphatic rings. The highest BCUT2D eigenvalue weighted by molar-refractivity contribution is 7.98. The van der Waals surface area contributed by atoms with Gasteiger partial charge in [-0.25, -0.2) is 4.79 Å². The molecule has 184 valence electrons. The molecule has 0 saturated heterocycles. The SMILES string of the molecule is CCOC(=O)COc1nc(SC)nc(Oc2cc(C(=O)N(C)C)cc(C(F)(F)F)c2)c1[N+](=O)[O-]. The van der Waals surface area contributed by atoms with E-state index in [0.29, 0.717) is 12.1 Å². The third-order valence-electron chi connectivity index (χ3n) is 3.90. The van der Waals surface area contributed by atoms with E-state index in [-0.39, 0.29) is 17.3 Å². The Balaban J connectivity index is 2.59. The summed E-state index contributed by atoms with van der Waals surface area (Å²) in [5.41, 5.74) is -2.51. The lowest BCUT2D eigenvalue weighted by atomic mass is 10.1. The molecule has 0 unspecified atom stereocenters. The molecule has 34 heavy (non-hydrogen) atoms. The molecule has 0 radical (unpaired) electrons. The second-order valence-corrected chi connectivity index (χ2v) is 7.34. The van der Waals surface area contributed by atoms with Crippen molar-refractivity contribution in [3.05, 3.63) is 39.4 Å². The first-order valence-electron chi connectivity index (χ1n) is 9.38. The van der Waals surface area contributed by atoms with Crippen LogP contribution in [-0.4, -0.2) is 65.2 Å². The van der Waals surface area contributed by atoms with E-state index in [2.05, 4.69) is 9.97 Å². The standard InChI is InChI=1S/C19H19F3N4O7S/c1-5-31-13(27)9-32-15-14(26(29)30)16(24-18(23-15)34-4)33-12-7-10(17(28)25(2)3)6-11(8-12)19(20,21)22/h6-8H,5,9H2,1-4H3. The van der Waals surface area contributed by atoms with Gasteiger partial charge in [0.25, 0.3) is 5.91 Å². The molecule has 1 amide bonds. The van der Waals surface area contributed by atoms with Gasteiger partial charge in [0.05, 0.1) is 17.1 Å². The Bertz CT molecular complexity index is 1100. The molecular weight excluding hydrogens is 485 g/mol. The number of thioether (sulfide) groups is 1. The van der Waals surface area contributed by atoms with Crippen LogP contribution in [0.25, 0.3) is 0 Å². The number of alkyl halides is 3. The van der Waals surface area contributed by atoms with Gasteiger partial charge in [-0.05, 0) is 31.4 Å². The smallest absolute Gasteiger partial charge is 0.416 e. The van der Waals surface area contributed by atoms with Crippen molar-refractivity contribution in [2.45, 2.75) is 18.3 Å². The molecule has 2 aromatic rings. The highest BCUT2D eigenvalue weighted by Crippen LogP contribution is 2.40. The van der Waals surface area contributed by atoms with Crippen LogP contribution in [0.5, 0.6) is 17.5 Å². The fourth-order valence-electron chi connectivity index (χ4n) is 2.46. The van der Waals surface area contributed by atoms with Crippen LogP contribution in [-0.2, 0) is 15.7 Å². The van der Waals surface area contributed by atoms with Crippen LogP contribution in [0.15, 0.2) is 23.4 Å². The summed E-state index contributed by atoms with van der Waals surface area (Å²) in [7, 11) is 2.69. The van der Waals surface area contributed by atoms with Crippen molar-refractivity contribution in [3.8, 4) is 17.5 Å². The van der Waals surface area contributed by atoms with Crippen molar-refractivity contribution >= 4 is 29.3 Å². The summed E-state index contributed by atoms with van der Waals surface area (Å²) >= 11 is 0.930. The summed E-state index contributed by atoms with van der Waals surface area (Å²) in [5.74, 6) is -3.51. The quantitative estimate of drug-likeness (QED) is 0.164. The van der Waals surface area contributed by atoms with Gasteiger partial charge in [0, 0.05) is 19.7 Å². The molecule has 0 aliphatic carbocycles. The molecule has 11 nitrogen and oxygen atoms in total. The van der Waals surface area contributed by atoms with Gasteiger partial charge in [0.15, 0.2) is 11.8 Å². The van der Waals surface area contributed by atoms with E-state index in [1.54, 1.807) is 6.92 Å². The lowest BCUT2D eigenvalue weighted by Crippen LogP contribution is -2.22. The minimum absolute atomic E-state index is 0.0437. The third kappa shape index (κ3) is 6.69. The number of ether oxygens (including phenoxy) is 3. The van der Waals surface area contributed by atoms with Gasteiger partial charge in [-0.15, -0.1) is 0 Å². The molecule has 0 saturated carbocycles. The maximum absolute atomic E-state index is 13.4. The molecule has 1 aromatic heterocycles. The maximum Gasteiger partial charge on any atom is 0.416 e. The number of hydrogen-bond acceptors (Lipinski definition) is 10. The van der Waals surface area contributed by atoms with Crippen LogP contribution in [0.4, 0.5) is 18.9 Å². The van der Waals surface area contributed by atoms with Gasteiger partial charge in [0.1, 0.15) is 5.75 Å². The normalized spacial score (nSPS) is 11.0. The summed E-state index contributed by atoms with van der Waals surface area (Å²) in [5, 5.41) is 11.6. The van der Waals surface area contributed by atoms with Crippen LogP contribution < -0.4 is 9.47 Å². The number of nitro groups is 1. The highest BCUT2D eigenvalue weighted by atomic mass is 32.2. The van der Waals surface area contributed by atoms with Gasteiger partial charge in [0.2, 0.25) is 0 Å². The molecule has 15 heteroatoms. The number of nitrogens with zero attached hydrogens (tertiary/aromatic N) is 4. The molecule has 0 aliphatic heterocycles. The van der Waals surface area contributed by atoms with E-state index in [9.17, 15) is 32.9 Å². The average Bonchev–Trinajstić information content (AvgIpc) is 2.75. The summed E-state index contributed by atoms with van der Waals surface area (Å²) in [4.78, 5) is 43.3. The number of aromatic nitrogens is 2. The summed E-state index contributed by atoms with van der Waals surface area (Å²) in [6, 6.07) is 2.18. The number of esters is 1. The molecule has 0 fully saturated rings. The molecule has 1 heterocycles. The molecule has 1 aromatic carbocycles. The van der Waals surface area contributed by atoms with E-state index in [1.807, 2.05) is 0 Å². The van der Waals surface area contributed by atoms with Crippen LogP contribution >= 0.6 is 11.8 Å². The summed E-state index contributed by atoms with van der Waals surface area (Å²) < 4.78 is 55.3. The number of hydrogen-bond donors (Lipinski definition) is 0. The molecule has 2 rings (SSSR count). The number of rotatable bonds is 9. The lowest BCUT2D eigenvalue weighted by molar-refractivity contribution is -0.387. The fourth-order valence-corrected chi connectivity index (χ4v) is 2.81. The minimum atomic E-state index is -4.84. The van der Waals surface area contributed by atoms with E-state index < -0.39 is 58.3 Å². The number of carbonyl (C=O) groups is 2. The predicted molar refractivity (Wildman–Crippen MR) is 112 cm³/mol. The van der Waals surface area contributed by atoms with Crippen LogP contribution in [0.2, 0.25) is 0 Å². The maximum atomic E-state index is 13.4. The van der Waals surface area contributed by atoms with Gasteiger partial charge in [-0.1, -0.05) is 11.8 Å². The van der Waals surface area contributed by atoms with Gasteiger partial charge < -0.3 is 19.1 Å². The van der Waals surface area contributed by atoms with Gasteiger partial charge in [-0.3, -0.25) is 14.9 Å². The topological polar surface area (TPSA) is 134 Å². The first kappa shape index (κ1) is 26.6. The molecule has 0 bridgehead atoms. The van der Waals surface area contributed by atoms with Crippen molar-refractivity contribution in [1.82, 2.24) is 14.9 Å². The first-order chi connectivity index (χ1) is 15.9. The zero-order chi connectivity index (χ0) is 25.6. The lowest BCUT2D eigenvalue weighted by Gasteiger charge is -2.15. The molecule has 0 spiro atoms. The Hall–Kier alpha value is -3.62. The minimum Gasteiger partial charge on any atom is -0.463 e. The number of benzene rings is 1. The average molecular weight is 504 g/mol. The van der Waals surface area contributed by atoms with Crippen LogP contribution in [0.1, 0.15) is 22.8 Å². The third-order valence-corrected chi connectivity index (χ3v) is 4.45. The van der Waals surface area contributed by atoms with E-state index in [1.165, 1.54) is 20.4 Å². The Morgan fingerprint density at radius 1 is 1.18 bits per heavy atom. The second-order valence-electron chi connectivity index (χ2n) is 6.57. The summed E-state index contributed by atoms with van der Waals surface area (Å²) in [6.45, 7) is 0.874. The Morgan fingerprint density at radius 2 is 1.82 bits per heavy atom. The molecule has 0 atom stereocenters. The predicted octanol–water partition coefficient (Wildman–Crippen LogP) is 3.56. The van der Waals surface area contributed by atoms with E-state index in [4.69, 9.17) is 14.2 Å². The first-order valence-corrected chi connectivity index (χ1v) is 10.6. The van der Waals surface area contributed by atoms with Gasteiger partial charge >= 0.3 is 29.6 Å². The fraction of sp³-hybridized carbons (Fsp3) is 0.368. The highest BCUT2D eigenvalue weighted by Gasteiger charge is 2.34. The monoisotopic (exact) mass is 504 g/mol. The Kier molecular flexibility index (Phi) is 8.62. The van der Waals surface area contributed by atoms with Crippen molar-refractivity contribution in [2.24, 2.45) is 0 Å². The van der Waals surface area contributed by atoms with E-state index >= 15 is 0 Å². The zero-order valence-corrected chi connectivity index (χ0v) is 19.2. The molecular formula is C19H19F3N4O7S. The van der Waals surface area contributed by atoms with Crippen molar-refractivity contribution in [1.29, 1.82) is 0 Å². The van der Waals surface area contributed by atoms with Crippen LogP contribution in [0.3, 0.4) is 0 Å². The number of carbonyl (C=O) groups excluding carboxylic acids is 2. The number of amides is 1. The number of halogens is 3. The Labute approximate surface area is 195 Å². The van der Waals surface area contributed by atoms with Crippen molar-refractivity contribution < 1.29 is 41.9 Å². The zero-order valence-electron chi connectivity index (χ0n) is 18.3. The van der Waals surface area contributed by atoms with Crippen LogP contribution in [0, 0.1) is 10.1 Å². The molecule has 0 N–H and O–H groups in total. The summed E-state index contributed by atoms with van der Waals surface area (Å²) in [6.07, 6.45) is -3.31. The second kappa shape index (κ2) is 11.0. The van der Waals surface area contributed by atoms with Gasteiger partial charge in [-0.2, -0.15) is 23.1 Å². The van der Waals surface area contributed by atoms with Crippen molar-refractivity contribution in [3.63, 3.8) is 0 Å². The van der Waals surface area contributed by atoms with E-state index in [0.717, 1.165) is 22.7 Å².